The fourth-order valence-electron chi connectivity index (χ4n) is 2.08. The number of thiocyanates is 1. The molecular formula is C17H15NO3S. The molecule has 2 rings (SSSR count). The molecule has 112 valence electrons. The molecule has 0 saturated carbocycles. The van der Waals surface area contributed by atoms with Crippen LogP contribution < -0.4 is 4.74 Å². The lowest BCUT2D eigenvalue weighted by molar-refractivity contribution is 0.0743. The van der Waals surface area contributed by atoms with Crippen molar-refractivity contribution in [3.63, 3.8) is 0 Å². The minimum atomic E-state index is -1.29. The van der Waals surface area contributed by atoms with Crippen molar-refractivity contribution in [2.24, 2.45) is 0 Å². The van der Waals surface area contributed by atoms with Crippen molar-refractivity contribution in [2.45, 2.75) is 11.4 Å². The number of thioether (sulfide) groups is 1. The van der Waals surface area contributed by atoms with Gasteiger partial charge in [0.25, 0.3) is 0 Å². The fraction of sp³-hybridized carbons (Fsp3) is 0.176. The smallest absolute Gasteiger partial charge is 0.192 e. The second-order valence-corrected chi connectivity index (χ2v) is 5.50. The molecule has 5 heteroatoms. The number of Topliss-reactive ketones (excluding diaryl/α,β-unsaturated/α-hetero) is 1. The molecule has 0 aliphatic carbocycles. The molecule has 0 fully saturated rings. The zero-order chi connectivity index (χ0) is 15.9. The number of aliphatic hydroxyl groups is 1. The van der Waals surface area contributed by atoms with E-state index >= 15 is 0 Å². The Morgan fingerprint density at radius 1 is 1.18 bits per heavy atom. The molecule has 0 aromatic heterocycles. The van der Waals surface area contributed by atoms with Crippen molar-refractivity contribution >= 4 is 17.5 Å². The third kappa shape index (κ3) is 3.67. The maximum Gasteiger partial charge on any atom is 0.192 e. The van der Waals surface area contributed by atoms with E-state index in [-0.39, 0.29) is 0 Å². The first-order chi connectivity index (χ1) is 10.7. The van der Waals surface area contributed by atoms with E-state index in [0.717, 1.165) is 17.3 Å². The van der Waals surface area contributed by atoms with E-state index in [2.05, 4.69) is 0 Å². The zero-order valence-electron chi connectivity index (χ0n) is 12.0. The van der Waals surface area contributed by atoms with Crippen LogP contribution in [0.4, 0.5) is 0 Å². The number of carbonyl (C=O) groups excluding carboxylic acids is 1. The SMILES string of the molecule is COc1ccc(C(=O)[C@H](O)[C@H](SC#N)c2ccccc2)cc1. The van der Waals surface area contributed by atoms with Crippen molar-refractivity contribution in [2.75, 3.05) is 7.11 Å². The molecule has 0 unspecified atom stereocenters. The molecule has 0 aliphatic heterocycles. The van der Waals surface area contributed by atoms with E-state index in [1.54, 1.807) is 43.5 Å². The van der Waals surface area contributed by atoms with Crippen molar-refractivity contribution in [3.8, 4) is 11.2 Å². The topological polar surface area (TPSA) is 70.3 Å². The van der Waals surface area contributed by atoms with Gasteiger partial charge in [0.2, 0.25) is 0 Å². The number of rotatable bonds is 6. The van der Waals surface area contributed by atoms with Gasteiger partial charge in [0.05, 0.1) is 12.4 Å². The highest BCUT2D eigenvalue weighted by Gasteiger charge is 2.29. The summed E-state index contributed by atoms with van der Waals surface area (Å²) in [6.45, 7) is 0. The van der Waals surface area contributed by atoms with Gasteiger partial charge in [-0.2, -0.15) is 5.26 Å². The highest BCUT2D eigenvalue weighted by molar-refractivity contribution is 8.04. The maximum atomic E-state index is 12.4. The average molecular weight is 313 g/mol. The van der Waals surface area contributed by atoms with Crippen molar-refractivity contribution in [1.82, 2.24) is 0 Å². The van der Waals surface area contributed by atoms with Crippen LogP contribution in [0.2, 0.25) is 0 Å². The monoisotopic (exact) mass is 313 g/mol. The summed E-state index contributed by atoms with van der Waals surface area (Å²) in [5.74, 6) is 0.219. The van der Waals surface area contributed by atoms with Gasteiger partial charge in [0, 0.05) is 5.56 Å². The minimum Gasteiger partial charge on any atom is -0.497 e. The first-order valence-corrected chi connectivity index (χ1v) is 7.51. The van der Waals surface area contributed by atoms with Gasteiger partial charge < -0.3 is 9.84 Å². The van der Waals surface area contributed by atoms with E-state index in [4.69, 9.17) is 10.00 Å². The lowest BCUT2D eigenvalue weighted by Gasteiger charge is -2.19. The van der Waals surface area contributed by atoms with Crippen LogP contribution in [0.3, 0.4) is 0 Å². The van der Waals surface area contributed by atoms with Crippen LogP contribution in [-0.4, -0.2) is 24.1 Å². The third-order valence-electron chi connectivity index (χ3n) is 3.24. The van der Waals surface area contributed by atoms with Gasteiger partial charge >= 0.3 is 0 Å². The normalized spacial score (nSPS) is 13.0. The number of carbonyl (C=O) groups is 1. The molecular weight excluding hydrogens is 298 g/mol. The molecule has 4 nitrogen and oxygen atoms in total. The van der Waals surface area contributed by atoms with E-state index in [9.17, 15) is 9.90 Å². The third-order valence-corrected chi connectivity index (χ3v) is 4.13. The van der Waals surface area contributed by atoms with E-state index < -0.39 is 17.1 Å². The number of ketones is 1. The highest BCUT2D eigenvalue weighted by atomic mass is 32.2. The largest absolute Gasteiger partial charge is 0.497 e. The Labute approximate surface area is 133 Å². The Hall–Kier alpha value is -2.29. The number of nitriles is 1. The predicted octanol–water partition coefficient (Wildman–Crippen LogP) is 3.19. The average Bonchev–Trinajstić information content (AvgIpc) is 2.59. The maximum absolute atomic E-state index is 12.4. The molecule has 0 heterocycles. The van der Waals surface area contributed by atoms with Crippen LogP contribution in [0.25, 0.3) is 0 Å². The summed E-state index contributed by atoms with van der Waals surface area (Å²) in [6.07, 6.45) is -1.29. The Balaban J connectivity index is 2.24. The predicted molar refractivity (Wildman–Crippen MR) is 85.7 cm³/mol. The summed E-state index contributed by atoms with van der Waals surface area (Å²) < 4.78 is 5.04. The Bertz CT molecular complexity index is 665. The Morgan fingerprint density at radius 3 is 2.36 bits per heavy atom. The number of ether oxygens (including phenoxy) is 1. The van der Waals surface area contributed by atoms with Crippen LogP contribution in [0.15, 0.2) is 54.6 Å². The number of nitrogens with zero attached hydrogens (tertiary/aromatic N) is 1. The van der Waals surface area contributed by atoms with Crippen LogP contribution >= 0.6 is 11.8 Å². The summed E-state index contributed by atoms with van der Waals surface area (Å²) in [4.78, 5) is 12.4. The van der Waals surface area contributed by atoms with Gasteiger partial charge in [-0.05, 0) is 41.6 Å². The zero-order valence-corrected chi connectivity index (χ0v) is 12.8. The van der Waals surface area contributed by atoms with Gasteiger partial charge in [-0.3, -0.25) is 4.79 Å². The first kappa shape index (κ1) is 16.1. The standard InChI is InChI=1S/C17H15NO3S/c1-21-14-9-7-12(8-10-14)15(19)16(20)17(22-11-18)13-5-3-2-4-6-13/h2-10,16-17,20H,1H3/t16-,17+/m0/s1. The molecule has 2 aromatic carbocycles. The molecule has 0 aliphatic rings. The molecule has 2 aromatic rings. The second-order valence-electron chi connectivity index (χ2n) is 4.58. The first-order valence-electron chi connectivity index (χ1n) is 6.63. The van der Waals surface area contributed by atoms with Gasteiger partial charge in [0.1, 0.15) is 17.3 Å². The van der Waals surface area contributed by atoms with Crippen molar-refractivity contribution in [1.29, 1.82) is 5.26 Å². The minimum absolute atomic E-state index is 0.382. The van der Waals surface area contributed by atoms with E-state index in [1.807, 2.05) is 23.6 Å². The molecule has 0 bridgehead atoms. The molecule has 1 N–H and O–H groups in total. The Kier molecular flexibility index (Phi) is 5.59. The molecule has 0 radical (unpaired) electrons. The quantitative estimate of drug-likeness (QED) is 0.655. The molecule has 0 spiro atoms. The van der Waals surface area contributed by atoms with Gasteiger partial charge in [-0.1, -0.05) is 30.3 Å². The number of benzene rings is 2. The van der Waals surface area contributed by atoms with Gasteiger partial charge in [0.15, 0.2) is 5.78 Å². The van der Waals surface area contributed by atoms with Gasteiger partial charge in [-0.25, -0.2) is 0 Å². The number of aliphatic hydroxyl groups excluding tert-OH is 1. The fourth-order valence-corrected chi connectivity index (χ4v) is 2.74. The Morgan fingerprint density at radius 2 is 1.82 bits per heavy atom. The number of methoxy groups -OCH3 is 1. The van der Waals surface area contributed by atoms with Crippen LogP contribution in [-0.2, 0) is 0 Å². The summed E-state index contributed by atoms with van der Waals surface area (Å²) >= 11 is 0.878. The summed E-state index contributed by atoms with van der Waals surface area (Å²) in [5, 5.41) is 20.7. The summed E-state index contributed by atoms with van der Waals surface area (Å²) in [5.41, 5.74) is 1.12. The summed E-state index contributed by atoms with van der Waals surface area (Å²) in [7, 11) is 1.54. The lowest BCUT2D eigenvalue weighted by Crippen LogP contribution is -2.26. The van der Waals surface area contributed by atoms with E-state index in [1.165, 1.54) is 0 Å². The second kappa shape index (κ2) is 7.64. The molecule has 0 amide bonds. The van der Waals surface area contributed by atoms with Crippen LogP contribution in [0.1, 0.15) is 21.2 Å². The van der Waals surface area contributed by atoms with Crippen LogP contribution in [0, 0.1) is 10.7 Å². The number of hydrogen-bond donors (Lipinski definition) is 1. The van der Waals surface area contributed by atoms with Crippen molar-refractivity contribution in [3.05, 3.63) is 65.7 Å². The number of hydrogen-bond acceptors (Lipinski definition) is 5. The highest BCUT2D eigenvalue weighted by Crippen LogP contribution is 2.33. The summed E-state index contributed by atoms with van der Waals surface area (Å²) in [6, 6.07) is 15.6. The van der Waals surface area contributed by atoms with Crippen LogP contribution in [0.5, 0.6) is 5.75 Å². The van der Waals surface area contributed by atoms with E-state index in [0.29, 0.717) is 11.3 Å². The lowest BCUT2D eigenvalue weighted by atomic mass is 9.99. The molecule has 22 heavy (non-hydrogen) atoms. The van der Waals surface area contributed by atoms with Crippen molar-refractivity contribution < 1.29 is 14.6 Å². The molecule has 2 atom stereocenters. The molecule has 0 saturated heterocycles. The van der Waals surface area contributed by atoms with Gasteiger partial charge in [-0.15, -0.1) is 0 Å².